The molecule has 0 amide bonds. The molecule has 0 heterocycles. The second-order valence-electron chi connectivity index (χ2n) is 2.33. The summed E-state index contributed by atoms with van der Waals surface area (Å²) in [4.78, 5) is 0. The topological polar surface area (TPSA) is 0 Å². The Labute approximate surface area is 56.9 Å². The Morgan fingerprint density at radius 2 is 2.11 bits per heavy atom. The maximum absolute atomic E-state index is 2.28. The van der Waals surface area contributed by atoms with Crippen LogP contribution in [0, 0.1) is 0 Å². The summed E-state index contributed by atoms with van der Waals surface area (Å²) in [5, 5.41) is 0. The average molecular weight is 121 g/mol. The molecule has 0 N–H and O–H groups in total. The minimum atomic E-state index is 1.17. The Morgan fingerprint density at radius 1 is 1.33 bits per heavy atom. The molecule has 0 aliphatic carbocycles. The minimum absolute atomic E-state index is 1.17. The van der Waals surface area contributed by atoms with E-state index in [9.17, 15) is 0 Å². The Hall–Kier alpha value is -0.650. The molecule has 0 aliphatic heterocycles. The van der Waals surface area contributed by atoms with Gasteiger partial charge in [0.05, 0.1) is 0 Å². The normalized spacial score (nSPS) is 10.0. The van der Waals surface area contributed by atoms with E-state index in [0.29, 0.717) is 0 Å². The molecule has 9 heavy (non-hydrogen) atoms. The smallest absolute Gasteiger partial charge is 0.0543 e. The molecule has 0 heteroatoms. The van der Waals surface area contributed by atoms with Crippen molar-refractivity contribution in [1.82, 2.24) is 0 Å². The number of aryl methyl sites for hydroxylation is 2. The average Bonchev–Trinajstić information content (AvgIpc) is 2.34. The highest BCUT2D eigenvalue weighted by atomic mass is 14.0. The summed E-state index contributed by atoms with van der Waals surface area (Å²) in [7, 11) is 0. The summed E-state index contributed by atoms with van der Waals surface area (Å²) >= 11 is 0. The summed E-state index contributed by atoms with van der Waals surface area (Å²) in [5.74, 6) is 0. The van der Waals surface area contributed by atoms with Gasteiger partial charge in [-0.05, 0) is 0 Å². The van der Waals surface area contributed by atoms with E-state index in [4.69, 9.17) is 0 Å². The van der Waals surface area contributed by atoms with Gasteiger partial charge in [-0.15, -0.1) is 0 Å². The molecule has 50 valence electrons. The first-order valence-electron chi connectivity index (χ1n) is 3.61. The predicted octanol–water partition coefficient (Wildman–Crippen LogP) is 2.53. The molecule has 0 unspecified atom stereocenters. The molecule has 0 atom stereocenters. The van der Waals surface area contributed by atoms with Crippen LogP contribution in [-0.4, -0.2) is 0 Å². The molecule has 0 radical (unpaired) electrons. The van der Waals surface area contributed by atoms with Crippen LogP contribution >= 0.6 is 0 Å². The zero-order valence-electron chi connectivity index (χ0n) is 6.15. The number of hydrogen-bond donors (Lipinski definition) is 0. The van der Waals surface area contributed by atoms with Crippen LogP contribution in [0.4, 0.5) is 0 Å². The molecule has 1 aromatic carbocycles. The van der Waals surface area contributed by atoms with E-state index in [0.717, 1.165) is 0 Å². The van der Waals surface area contributed by atoms with Gasteiger partial charge in [0.2, 0.25) is 0 Å². The van der Waals surface area contributed by atoms with Gasteiger partial charge in [0.15, 0.2) is 0 Å². The highest BCUT2D eigenvalue weighted by molar-refractivity contribution is 5.25. The van der Waals surface area contributed by atoms with Crippen LogP contribution in [0.25, 0.3) is 0 Å². The molecule has 0 fully saturated rings. The van der Waals surface area contributed by atoms with E-state index in [1.165, 1.54) is 24.0 Å². The van der Waals surface area contributed by atoms with Crippen LogP contribution in [0.1, 0.15) is 25.0 Å². The molecule has 0 aromatic heterocycles. The number of hydrogen-bond acceptors (Lipinski definition) is 0. The van der Waals surface area contributed by atoms with Gasteiger partial charge in [0.25, 0.3) is 0 Å². The Bertz CT molecular complexity index is 153. The Balaban J connectivity index is 2.74. The monoisotopic (exact) mass is 121 g/mol. The summed E-state index contributed by atoms with van der Waals surface area (Å²) < 4.78 is 0. The predicted molar refractivity (Wildman–Crippen MR) is 40.8 cm³/mol. The molecular weight excluding hydrogens is 108 g/mol. The molecule has 0 bridgehead atoms. The van der Waals surface area contributed by atoms with Gasteiger partial charge >= 0.3 is 0 Å². The second kappa shape index (κ2) is 2.77. The van der Waals surface area contributed by atoms with Crippen LogP contribution in [0.15, 0.2) is 18.2 Å². The fourth-order valence-corrected chi connectivity index (χ4v) is 0.988. The Morgan fingerprint density at radius 3 is 2.44 bits per heavy atom. The SMILES string of the molecule is CCc1c[cH-]c(CC)c1. The summed E-state index contributed by atoms with van der Waals surface area (Å²) in [6.45, 7) is 4.38. The van der Waals surface area contributed by atoms with Crippen molar-refractivity contribution in [2.24, 2.45) is 0 Å². The van der Waals surface area contributed by atoms with Gasteiger partial charge in [-0.3, -0.25) is 0 Å². The third-order valence-electron chi connectivity index (χ3n) is 1.70. The van der Waals surface area contributed by atoms with Crippen molar-refractivity contribution in [3.05, 3.63) is 29.3 Å². The van der Waals surface area contributed by atoms with E-state index >= 15 is 0 Å². The van der Waals surface area contributed by atoms with E-state index in [-0.39, 0.29) is 0 Å². The maximum Gasteiger partial charge on any atom is -0.0543 e. The van der Waals surface area contributed by atoms with E-state index < -0.39 is 0 Å². The van der Waals surface area contributed by atoms with Crippen molar-refractivity contribution in [1.29, 1.82) is 0 Å². The molecule has 0 spiro atoms. The second-order valence-corrected chi connectivity index (χ2v) is 2.33. The standard InChI is InChI=1S/C9H13/c1-3-8-5-6-9(4-2)7-8/h5-7H,3-4H2,1-2H3/q-1. The van der Waals surface area contributed by atoms with Gasteiger partial charge in [-0.2, -0.15) is 23.3 Å². The third kappa shape index (κ3) is 1.38. The summed E-state index contributed by atoms with van der Waals surface area (Å²) in [5.41, 5.74) is 2.93. The quantitative estimate of drug-likeness (QED) is 0.527. The van der Waals surface area contributed by atoms with Crippen LogP contribution in [0.5, 0.6) is 0 Å². The minimum Gasteiger partial charge on any atom is -0.207 e. The van der Waals surface area contributed by atoms with Crippen LogP contribution in [0.3, 0.4) is 0 Å². The molecule has 0 saturated heterocycles. The molecular formula is C9H13-. The molecule has 1 aromatic rings. The van der Waals surface area contributed by atoms with Crippen LogP contribution in [0.2, 0.25) is 0 Å². The lowest BCUT2D eigenvalue weighted by atomic mass is 10.2. The number of rotatable bonds is 2. The van der Waals surface area contributed by atoms with Crippen LogP contribution < -0.4 is 0 Å². The van der Waals surface area contributed by atoms with Crippen molar-refractivity contribution < 1.29 is 0 Å². The van der Waals surface area contributed by atoms with Crippen molar-refractivity contribution in [3.63, 3.8) is 0 Å². The lowest BCUT2D eigenvalue weighted by Gasteiger charge is -1.95. The summed E-state index contributed by atoms with van der Waals surface area (Å²) in [6.07, 6.45) is 2.33. The van der Waals surface area contributed by atoms with Gasteiger partial charge in [0, 0.05) is 0 Å². The molecule has 0 aliphatic rings. The van der Waals surface area contributed by atoms with Gasteiger partial charge in [-0.25, -0.2) is 6.07 Å². The summed E-state index contributed by atoms with van der Waals surface area (Å²) in [6, 6.07) is 6.69. The molecule has 0 nitrogen and oxygen atoms in total. The van der Waals surface area contributed by atoms with E-state index in [2.05, 4.69) is 32.0 Å². The Kier molecular flexibility index (Phi) is 1.99. The van der Waals surface area contributed by atoms with Crippen molar-refractivity contribution >= 4 is 0 Å². The first-order valence-corrected chi connectivity index (χ1v) is 3.61. The maximum atomic E-state index is 2.28. The van der Waals surface area contributed by atoms with Crippen molar-refractivity contribution in [2.45, 2.75) is 26.7 Å². The fourth-order valence-electron chi connectivity index (χ4n) is 0.988. The lowest BCUT2D eigenvalue weighted by molar-refractivity contribution is 1.13. The molecule has 0 saturated carbocycles. The van der Waals surface area contributed by atoms with Crippen molar-refractivity contribution in [2.75, 3.05) is 0 Å². The molecule has 1 rings (SSSR count). The zero-order chi connectivity index (χ0) is 6.69. The van der Waals surface area contributed by atoms with E-state index in [1.54, 1.807) is 0 Å². The zero-order valence-corrected chi connectivity index (χ0v) is 6.15. The van der Waals surface area contributed by atoms with Crippen LogP contribution in [-0.2, 0) is 12.8 Å². The van der Waals surface area contributed by atoms with Gasteiger partial charge in [-0.1, -0.05) is 26.7 Å². The van der Waals surface area contributed by atoms with Gasteiger partial charge in [0.1, 0.15) is 0 Å². The largest absolute Gasteiger partial charge is 0.207 e. The van der Waals surface area contributed by atoms with Crippen molar-refractivity contribution in [3.8, 4) is 0 Å². The first-order chi connectivity index (χ1) is 4.36. The first kappa shape index (κ1) is 6.47. The van der Waals surface area contributed by atoms with E-state index in [1.807, 2.05) is 0 Å². The highest BCUT2D eigenvalue weighted by Crippen LogP contribution is 2.07. The third-order valence-corrected chi connectivity index (χ3v) is 1.70. The lowest BCUT2D eigenvalue weighted by Crippen LogP contribution is -1.71. The fraction of sp³-hybridized carbons (Fsp3) is 0.444. The van der Waals surface area contributed by atoms with Gasteiger partial charge < -0.3 is 0 Å². The highest BCUT2D eigenvalue weighted by Gasteiger charge is 1.81.